The summed E-state index contributed by atoms with van der Waals surface area (Å²) in [5, 5.41) is 2.31. The van der Waals surface area contributed by atoms with Crippen molar-refractivity contribution in [1.29, 1.82) is 0 Å². The van der Waals surface area contributed by atoms with Gasteiger partial charge in [0.05, 0.1) is 6.61 Å². The largest absolute Gasteiger partial charge is 0.490 e. The van der Waals surface area contributed by atoms with Crippen molar-refractivity contribution in [3.8, 4) is 5.75 Å². The van der Waals surface area contributed by atoms with E-state index in [1.807, 2.05) is 12.1 Å². The number of nitrogens with zero attached hydrogens (tertiary/aromatic N) is 2. The smallest absolute Gasteiger partial charge is 0.183 e. The number of anilines is 1. The number of hydrogen-bond donors (Lipinski definition) is 1. The summed E-state index contributed by atoms with van der Waals surface area (Å²) in [7, 11) is 0. The first kappa shape index (κ1) is 14.1. The molecule has 1 aliphatic rings. The van der Waals surface area contributed by atoms with Crippen LogP contribution in [0, 0.1) is 0 Å². The zero-order valence-electron chi connectivity index (χ0n) is 12.2. The Morgan fingerprint density at radius 1 is 1.37 bits per heavy atom. The third-order valence-corrected chi connectivity index (χ3v) is 3.66. The summed E-state index contributed by atoms with van der Waals surface area (Å²) in [6.07, 6.45) is 6.58. The Hall–Kier alpha value is -1.29. The molecule has 0 amide bonds. The van der Waals surface area contributed by atoms with Crippen molar-refractivity contribution in [2.24, 2.45) is 0 Å². The molecule has 1 aromatic heterocycles. The van der Waals surface area contributed by atoms with Crippen LogP contribution in [0.1, 0.15) is 46.5 Å². The van der Waals surface area contributed by atoms with Crippen LogP contribution in [0.5, 0.6) is 5.75 Å². The molecular weight excluding hydrogens is 238 g/mol. The first-order chi connectivity index (χ1) is 9.22. The normalized spacial score (nSPS) is 24.2. The zero-order valence-corrected chi connectivity index (χ0v) is 12.2. The van der Waals surface area contributed by atoms with Crippen LogP contribution < -0.4 is 10.2 Å². The zero-order chi connectivity index (χ0) is 13.7. The van der Waals surface area contributed by atoms with E-state index in [4.69, 9.17) is 4.74 Å². The van der Waals surface area contributed by atoms with Gasteiger partial charge in [-0.2, -0.15) is 0 Å². The Balaban J connectivity index is 2.08. The van der Waals surface area contributed by atoms with Gasteiger partial charge < -0.3 is 4.74 Å². The Morgan fingerprint density at radius 3 is 2.79 bits per heavy atom. The summed E-state index contributed by atoms with van der Waals surface area (Å²) >= 11 is 0. The molecule has 2 unspecified atom stereocenters. The molecule has 0 spiro atoms. The van der Waals surface area contributed by atoms with Crippen molar-refractivity contribution in [1.82, 2.24) is 9.99 Å². The second kappa shape index (κ2) is 6.75. The summed E-state index contributed by atoms with van der Waals surface area (Å²) in [5.74, 6) is 1.67. The monoisotopic (exact) mass is 263 g/mol. The maximum atomic E-state index is 5.75. The number of ether oxygens (including phenoxy) is 1. The van der Waals surface area contributed by atoms with E-state index in [0.29, 0.717) is 12.1 Å². The summed E-state index contributed by atoms with van der Waals surface area (Å²) in [6, 6.07) is 4.96. The van der Waals surface area contributed by atoms with Crippen LogP contribution in [0.15, 0.2) is 18.3 Å². The van der Waals surface area contributed by atoms with Gasteiger partial charge in [0.2, 0.25) is 0 Å². The molecule has 2 atom stereocenters. The highest BCUT2D eigenvalue weighted by atomic mass is 16.5. The van der Waals surface area contributed by atoms with Crippen LogP contribution in [0.3, 0.4) is 0 Å². The second-order valence-electron chi connectivity index (χ2n) is 5.35. The lowest BCUT2D eigenvalue weighted by atomic mass is 10.00. The van der Waals surface area contributed by atoms with Crippen LogP contribution in [0.4, 0.5) is 5.82 Å². The standard InChI is InChI=1S/C15H25N3O/c1-4-11-19-14-9-6-10-16-15(14)17-18-12(2)7-5-8-13(18)3/h6,9-10,12-13H,4-5,7-8,11H2,1-3H3,(H,16,17). The molecule has 4 heteroatoms. The predicted molar refractivity (Wildman–Crippen MR) is 78.3 cm³/mol. The number of piperidine rings is 1. The van der Waals surface area contributed by atoms with Crippen LogP contribution in [0.2, 0.25) is 0 Å². The van der Waals surface area contributed by atoms with Gasteiger partial charge >= 0.3 is 0 Å². The van der Waals surface area contributed by atoms with Crippen molar-refractivity contribution in [3.63, 3.8) is 0 Å². The van der Waals surface area contributed by atoms with Gasteiger partial charge in [0.1, 0.15) is 0 Å². The molecular formula is C15H25N3O. The van der Waals surface area contributed by atoms with Crippen molar-refractivity contribution < 1.29 is 4.74 Å². The minimum absolute atomic E-state index is 0.532. The van der Waals surface area contributed by atoms with Crippen molar-refractivity contribution in [2.75, 3.05) is 12.0 Å². The van der Waals surface area contributed by atoms with Gasteiger partial charge in [-0.3, -0.25) is 5.43 Å². The molecule has 2 heterocycles. The highest BCUT2D eigenvalue weighted by Gasteiger charge is 2.25. The van der Waals surface area contributed by atoms with Gasteiger partial charge in [0, 0.05) is 18.3 Å². The molecule has 0 aromatic carbocycles. The summed E-state index contributed by atoms with van der Waals surface area (Å²) in [6.45, 7) is 7.36. The molecule has 0 bridgehead atoms. The highest BCUT2D eigenvalue weighted by molar-refractivity contribution is 5.48. The Kier molecular flexibility index (Phi) is 5.02. The first-order valence-electron chi connectivity index (χ1n) is 7.35. The number of rotatable bonds is 5. The third kappa shape index (κ3) is 3.60. The summed E-state index contributed by atoms with van der Waals surface area (Å²) in [5.41, 5.74) is 3.46. The molecule has 0 saturated carbocycles. The molecule has 106 valence electrons. The van der Waals surface area contributed by atoms with Crippen molar-refractivity contribution in [2.45, 2.75) is 58.5 Å². The third-order valence-electron chi connectivity index (χ3n) is 3.66. The summed E-state index contributed by atoms with van der Waals surface area (Å²) in [4.78, 5) is 4.42. The Labute approximate surface area is 116 Å². The maximum absolute atomic E-state index is 5.75. The van der Waals surface area contributed by atoms with E-state index < -0.39 is 0 Å². The van der Waals surface area contributed by atoms with Crippen LogP contribution >= 0.6 is 0 Å². The molecule has 1 aliphatic heterocycles. The molecule has 1 fully saturated rings. The van der Waals surface area contributed by atoms with Gasteiger partial charge in [-0.15, -0.1) is 0 Å². The van der Waals surface area contributed by atoms with Gasteiger partial charge in [0.25, 0.3) is 0 Å². The SMILES string of the molecule is CCCOc1cccnc1NN1C(C)CCCC1C. The van der Waals surface area contributed by atoms with E-state index in [2.05, 4.69) is 36.2 Å². The van der Waals surface area contributed by atoms with Gasteiger partial charge in [-0.1, -0.05) is 13.3 Å². The van der Waals surface area contributed by atoms with Crippen LogP contribution in [0.25, 0.3) is 0 Å². The highest BCUT2D eigenvalue weighted by Crippen LogP contribution is 2.27. The van der Waals surface area contributed by atoms with E-state index in [0.717, 1.165) is 24.6 Å². The van der Waals surface area contributed by atoms with Crippen molar-refractivity contribution in [3.05, 3.63) is 18.3 Å². The van der Waals surface area contributed by atoms with Crippen molar-refractivity contribution >= 4 is 5.82 Å². The average Bonchev–Trinajstić information content (AvgIpc) is 2.42. The van der Waals surface area contributed by atoms with E-state index in [1.165, 1.54) is 19.3 Å². The Morgan fingerprint density at radius 2 is 2.11 bits per heavy atom. The number of hydrazine groups is 1. The van der Waals surface area contributed by atoms with Gasteiger partial charge in [-0.25, -0.2) is 9.99 Å². The molecule has 0 aliphatic carbocycles. The second-order valence-corrected chi connectivity index (χ2v) is 5.35. The van der Waals surface area contributed by atoms with Crippen LogP contribution in [-0.2, 0) is 0 Å². The fourth-order valence-electron chi connectivity index (χ4n) is 2.57. The Bertz CT molecular complexity index is 387. The molecule has 1 N–H and O–H groups in total. The lowest BCUT2D eigenvalue weighted by molar-refractivity contribution is 0.134. The minimum atomic E-state index is 0.532. The van der Waals surface area contributed by atoms with E-state index in [9.17, 15) is 0 Å². The molecule has 4 nitrogen and oxygen atoms in total. The quantitative estimate of drug-likeness (QED) is 0.882. The number of aromatic nitrogens is 1. The van der Waals surface area contributed by atoms with E-state index in [-0.39, 0.29) is 0 Å². The fourth-order valence-corrected chi connectivity index (χ4v) is 2.57. The van der Waals surface area contributed by atoms with E-state index in [1.54, 1.807) is 6.20 Å². The van der Waals surface area contributed by atoms with E-state index >= 15 is 0 Å². The first-order valence-corrected chi connectivity index (χ1v) is 7.35. The molecule has 1 saturated heterocycles. The molecule has 1 aromatic rings. The number of hydrogen-bond acceptors (Lipinski definition) is 4. The molecule has 19 heavy (non-hydrogen) atoms. The average molecular weight is 263 g/mol. The topological polar surface area (TPSA) is 37.4 Å². The minimum Gasteiger partial charge on any atom is -0.490 e. The van der Waals surface area contributed by atoms with Gasteiger partial charge in [0.15, 0.2) is 11.6 Å². The lowest BCUT2D eigenvalue weighted by Gasteiger charge is -2.39. The lowest BCUT2D eigenvalue weighted by Crippen LogP contribution is -2.47. The predicted octanol–water partition coefficient (Wildman–Crippen LogP) is 3.46. The molecule has 0 radical (unpaired) electrons. The maximum Gasteiger partial charge on any atom is 0.183 e. The fraction of sp³-hybridized carbons (Fsp3) is 0.667. The van der Waals surface area contributed by atoms with Gasteiger partial charge in [-0.05, 0) is 45.2 Å². The summed E-state index contributed by atoms with van der Waals surface area (Å²) < 4.78 is 5.75. The number of pyridine rings is 1. The van der Waals surface area contributed by atoms with Crippen LogP contribution in [-0.4, -0.2) is 28.7 Å². The molecule has 2 rings (SSSR count). The number of nitrogens with one attached hydrogen (secondary N) is 1.